The van der Waals surface area contributed by atoms with Gasteiger partial charge in [0.15, 0.2) is 0 Å². The summed E-state index contributed by atoms with van der Waals surface area (Å²) in [6.45, 7) is 9.22. The number of ether oxygens (including phenoxy) is 1. The highest BCUT2D eigenvalue weighted by Crippen LogP contribution is 2.30. The third kappa shape index (κ3) is 9.26. The number of aliphatic carboxylic acids is 1. The Labute approximate surface area is 259 Å². The highest BCUT2D eigenvalue weighted by molar-refractivity contribution is 7.14. The number of pyridine rings is 1. The zero-order valence-electron chi connectivity index (χ0n) is 25.6. The molecule has 1 amide bonds. The van der Waals surface area contributed by atoms with Gasteiger partial charge in [-0.1, -0.05) is 95.8 Å². The average Bonchev–Trinajstić information content (AvgIpc) is 3.51. The lowest BCUT2D eigenvalue weighted by molar-refractivity contribution is -0.139. The summed E-state index contributed by atoms with van der Waals surface area (Å²) in [7, 11) is 0. The summed E-state index contributed by atoms with van der Waals surface area (Å²) >= 11 is 1.40. The molecule has 0 radical (unpaired) electrons. The number of hydrogen-bond donors (Lipinski definition) is 2. The Bertz CT molecular complexity index is 1470. The van der Waals surface area contributed by atoms with Gasteiger partial charge in [0, 0.05) is 28.6 Å². The molecule has 2 aromatic heterocycles. The van der Waals surface area contributed by atoms with Gasteiger partial charge in [-0.3, -0.25) is 9.78 Å². The molecule has 6 nitrogen and oxygen atoms in total. The molecule has 2 heterocycles. The minimum atomic E-state index is -1.07. The number of benzene rings is 2. The second-order valence-electron chi connectivity index (χ2n) is 11.9. The summed E-state index contributed by atoms with van der Waals surface area (Å²) in [5.74, 6) is -0.548. The van der Waals surface area contributed by atoms with E-state index in [1.54, 1.807) is 6.07 Å². The minimum absolute atomic E-state index is 0.0694. The van der Waals surface area contributed by atoms with Gasteiger partial charge in [-0.05, 0) is 53.3 Å². The van der Waals surface area contributed by atoms with Crippen LogP contribution in [0.15, 0.2) is 79.0 Å². The van der Waals surface area contributed by atoms with Crippen LogP contribution in [0.5, 0.6) is 5.75 Å². The first-order chi connectivity index (χ1) is 20.6. The molecule has 226 valence electrons. The van der Waals surface area contributed by atoms with Crippen molar-refractivity contribution in [3.63, 3.8) is 0 Å². The summed E-state index contributed by atoms with van der Waals surface area (Å²) in [6.07, 6.45) is 8.14. The molecule has 2 N–H and O–H groups in total. The third-order valence-electron chi connectivity index (χ3n) is 7.33. The van der Waals surface area contributed by atoms with Crippen LogP contribution >= 0.6 is 11.3 Å². The molecule has 2 aromatic carbocycles. The molecule has 1 unspecified atom stereocenters. The Morgan fingerprint density at radius 2 is 1.53 bits per heavy atom. The van der Waals surface area contributed by atoms with E-state index < -0.39 is 12.0 Å². The molecule has 0 bridgehead atoms. The lowest BCUT2D eigenvalue weighted by Crippen LogP contribution is -2.42. The topological polar surface area (TPSA) is 88.5 Å². The van der Waals surface area contributed by atoms with Crippen molar-refractivity contribution in [2.45, 2.75) is 77.7 Å². The van der Waals surface area contributed by atoms with E-state index in [1.165, 1.54) is 37.0 Å². The van der Waals surface area contributed by atoms with E-state index in [1.807, 2.05) is 60.8 Å². The number of thiophene rings is 1. The van der Waals surface area contributed by atoms with Crippen molar-refractivity contribution in [2.75, 3.05) is 6.61 Å². The van der Waals surface area contributed by atoms with Gasteiger partial charge in [0.05, 0.1) is 17.2 Å². The molecule has 0 saturated heterocycles. The minimum Gasteiger partial charge on any atom is -0.494 e. The Hall–Kier alpha value is -3.97. The number of hydrogen-bond acceptors (Lipinski definition) is 5. The Kier molecular flexibility index (Phi) is 11.1. The highest BCUT2D eigenvalue weighted by atomic mass is 32.1. The maximum absolute atomic E-state index is 12.8. The van der Waals surface area contributed by atoms with E-state index in [-0.39, 0.29) is 17.7 Å². The first kappa shape index (κ1) is 32.0. The first-order valence-corrected chi connectivity index (χ1v) is 15.9. The quantitative estimate of drug-likeness (QED) is 0.142. The van der Waals surface area contributed by atoms with Crippen molar-refractivity contribution < 1.29 is 19.4 Å². The predicted molar refractivity (Wildman–Crippen MR) is 175 cm³/mol. The number of nitrogens with one attached hydrogen (secondary N) is 1. The fourth-order valence-electron chi connectivity index (χ4n) is 4.71. The zero-order chi connectivity index (χ0) is 30.8. The van der Waals surface area contributed by atoms with Crippen LogP contribution in [0.4, 0.5) is 0 Å². The number of amides is 1. The second-order valence-corrected chi connectivity index (χ2v) is 13.0. The molecular formula is C36H42N2O4S. The summed E-state index contributed by atoms with van der Waals surface area (Å²) in [6, 6.07) is 22.4. The standard InChI is InChI=1S/C36H42N2O4S/c1-5-6-7-8-9-22-42-29-17-14-26(15-18-29)28-16-19-30(37-24-28)27-12-10-25(11-13-27)23-31(35(40)41)38-34(39)32-20-21-33(43-32)36(2,3)4/h10-21,24,31H,5-9,22-23H2,1-4H3,(H,38,39)(H,40,41). The molecular weight excluding hydrogens is 556 g/mol. The van der Waals surface area contributed by atoms with Gasteiger partial charge in [-0.2, -0.15) is 0 Å². The van der Waals surface area contributed by atoms with E-state index in [4.69, 9.17) is 4.74 Å². The molecule has 0 aliphatic carbocycles. The van der Waals surface area contributed by atoms with Crippen LogP contribution < -0.4 is 10.1 Å². The monoisotopic (exact) mass is 598 g/mol. The van der Waals surface area contributed by atoms with E-state index in [0.29, 0.717) is 4.88 Å². The van der Waals surface area contributed by atoms with Gasteiger partial charge in [0.1, 0.15) is 11.8 Å². The average molecular weight is 599 g/mol. The van der Waals surface area contributed by atoms with Gasteiger partial charge in [-0.25, -0.2) is 4.79 Å². The van der Waals surface area contributed by atoms with Gasteiger partial charge >= 0.3 is 5.97 Å². The van der Waals surface area contributed by atoms with E-state index in [9.17, 15) is 14.7 Å². The molecule has 4 aromatic rings. The third-order valence-corrected chi connectivity index (χ3v) is 8.84. The Morgan fingerprint density at radius 3 is 2.14 bits per heavy atom. The number of rotatable bonds is 14. The molecule has 43 heavy (non-hydrogen) atoms. The molecule has 0 aliphatic rings. The van der Waals surface area contributed by atoms with Gasteiger partial charge in [-0.15, -0.1) is 11.3 Å². The summed E-state index contributed by atoms with van der Waals surface area (Å²) in [4.78, 5) is 31.0. The van der Waals surface area contributed by atoms with Crippen molar-refractivity contribution in [3.05, 3.63) is 94.3 Å². The van der Waals surface area contributed by atoms with Crippen molar-refractivity contribution in [1.82, 2.24) is 10.3 Å². The Balaban J connectivity index is 1.32. The van der Waals surface area contributed by atoms with Crippen molar-refractivity contribution in [2.24, 2.45) is 0 Å². The highest BCUT2D eigenvalue weighted by Gasteiger charge is 2.24. The number of carboxylic acids is 1. The second kappa shape index (κ2) is 15.0. The number of aromatic nitrogens is 1. The van der Waals surface area contributed by atoms with Crippen LogP contribution in [-0.4, -0.2) is 34.6 Å². The van der Waals surface area contributed by atoms with E-state index in [0.717, 1.165) is 51.6 Å². The number of carbonyl (C=O) groups excluding carboxylic acids is 1. The lowest BCUT2D eigenvalue weighted by Gasteiger charge is -2.16. The lowest BCUT2D eigenvalue weighted by atomic mass is 9.95. The van der Waals surface area contributed by atoms with Crippen molar-refractivity contribution in [1.29, 1.82) is 0 Å². The van der Waals surface area contributed by atoms with Gasteiger partial charge < -0.3 is 15.2 Å². The zero-order valence-corrected chi connectivity index (χ0v) is 26.4. The fraction of sp³-hybridized carbons (Fsp3) is 0.361. The van der Waals surface area contributed by atoms with Gasteiger partial charge in [0.25, 0.3) is 5.91 Å². The van der Waals surface area contributed by atoms with Crippen LogP contribution in [0.3, 0.4) is 0 Å². The number of carboxylic acid groups (broad SMARTS) is 1. The number of carbonyl (C=O) groups is 2. The number of nitrogens with zero attached hydrogens (tertiary/aromatic N) is 1. The van der Waals surface area contributed by atoms with E-state index >= 15 is 0 Å². The van der Waals surface area contributed by atoms with Crippen LogP contribution in [-0.2, 0) is 16.6 Å². The smallest absolute Gasteiger partial charge is 0.326 e. The van der Waals surface area contributed by atoms with Crippen LogP contribution in [0.2, 0.25) is 0 Å². The maximum Gasteiger partial charge on any atom is 0.326 e. The molecule has 1 atom stereocenters. The molecule has 7 heteroatoms. The largest absolute Gasteiger partial charge is 0.494 e. The number of unbranched alkanes of at least 4 members (excludes halogenated alkanes) is 4. The SMILES string of the molecule is CCCCCCCOc1ccc(-c2ccc(-c3ccc(CC(NC(=O)c4ccc(C(C)(C)C)s4)C(=O)O)cc3)nc2)cc1. The summed E-state index contributed by atoms with van der Waals surface area (Å²) in [5, 5.41) is 12.5. The first-order valence-electron chi connectivity index (χ1n) is 15.1. The summed E-state index contributed by atoms with van der Waals surface area (Å²) < 4.78 is 5.88. The van der Waals surface area contributed by atoms with Crippen molar-refractivity contribution >= 4 is 23.2 Å². The van der Waals surface area contributed by atoms with Crippen LogP contribution in [0.1, 0.15) is 79.9 Å². The maximum atomic E-state index is 12.8. The molecule has 4 rings (SSSR count). The Morgan fingerprint density at radius 1 is 0.860 bits per heavy atom. The molecule has 0 fully saturated rings. The van der Waals surface area contributed by atoms with Crippen LogP contribution in [0, 0.1) is 0 Å². The molecule has 0 saturated carbocycles. The summed E-state index contributed by atoms with van der Waals surface area (Å²) in [5.41, 5.74) is 4.60. The molecule has 0 aliphatic heterocycles. The van der Waals surface area contributed by atoms with Crippen LogP contribution in [0.25, 0.3) is 22.4 Å². The molecule has 0 spiro atoms. The van der Waals surface area contributed by atoms with Crippen molar-refractivity contribution in [3.8, 4) is 28.1 Å². The normalized spacial score (nSPS) is 12.1. The fourth-order valence-corrected chi connectivity index (χ4v) is 5.68. The van der Waals surface area contributed by atoms with E-state index in [2.05, 4.69) is 50.1 Å². The van der Waals surface area contributed by atoms with Gasteiger partial charge in [0.2, 0.25) is 0 Å². The predicted octanol–water partition coefficient (Wildman–Crippen LogP) is 8.55.